The van der Waals surface area contributed by atoms with E-state index in [1.807, 2.05) is 0 Å². The number of cyclic esters (lactones) is 1. The fraction of sp³-hybridized carbons (Fsp3) is 0.533. The Morgan fingerprint density at radius 2 is 2.00 bits per heavy atom. The molecule has 1 heterocycles. The first kappa shape index (κ1) is 13.1. The molecule has 1 aliphatic heterocycles. The third kappa shape index (κ3) is 3.31. The maximum atomic E-state index is 12.8. The van der Waals surface area contributed by atoms with E-state index in [-0.39, 0.29) is 23.8 Å². The number of rotatable bonds is 4. The molecule has 98 valence electrons. The molecule has 2 nitrogen and oxygen atoms in total. The Labute approximate surface area is 107 Å². The number of carbonyl (C=O) groups is 1. The molecule has 0 bridgehead atoms. The van der Waals surface area contributed by atoms with Gasteiger partial charge in [0, 0.05) is 0 Å². The fourth-order valence-corrected chi connectivity index (χ4v) is 2.46. The number of carbonyl (C=O) groups excluding carboxylic acids is 1. The van der Waals surface area contributed by atoms with Crippen molar-refractivity contribution in [3.63, 3.8) is 0 Å². The van der Waals surface area contributed by atoms with Crippen molar-refractivity contribution in [2.75, 3.05) is 0 Å². The first-order valence-electron chi connectivity index (χ1n) is 6.49. The van der Waals surface area contributed by atoms with Gasteiger partial charge in [-0.1, -0.05) is 26.0 Å². The van der Waals surface area contributed by atoms with E-state index in [1.54, 1.807) is 12.1 Å². The van der Waals surface area contributed by atoms with Crippen LogP contribution >= 0.6 is 0 Å². The van der Waals surface area contributed by atoms with Crippen LogP contribution in [0, 0.1) is 17.7 Å². The lowest BCUT2D eigenvalue weighted by atomic mass is 9.93. The molecule has 0 aromatic heterocycles. The SMILES string of the molecule is CC(C)C[C@H]1C[C@@H](Cc2ccc(F)cc2)C(=O)O1. The number of hydrogen-bond donors (Lipinski definition) is 0. The molecule has 0 unspecified atom stereocenters. The summed E-state index contributed by atoms with van der Waals surface area (Å²) in [4.78, 5) is 11.7. The van der Waals surface area contributed by atoms with Gasteiger partial charge < -0.3 is 4.74 Å². The Balaban J connectivity index is 1.94. The van der Waals surface area contributed by atoms with Crippen molar-refractivity contribution in [3.8, 4) is 0 Å². The molecule has 0 saturated carbocycles. The second-order valence-electron chi connectivity index (χ2n) is 5.45. The summed E-state index contributed by atoms with van der Waals surface area (Å²) in [6.07, 6.45) is 2.41. The minimum Gasteiger partial charge on any atom is -0.462 e. The molecule has 0 N–H and O–H groups in total. The summed E-state index contributed by atoms with van der Waals surface area (Å²) in [6.45, 7) is 4.25. The Hall–Kier alpha value is -1.38. The van der Waals surface area contributed by atoms with Gasteiger partial charge in [-0.15, -0.1) is 0 Å². The topological polar surface area (TPSA) is 26.3 Å². The van der Waals surface area contributed by atoms with E-state index in [4.69, 9.17) is 4.74 Å². The van der Waals surface area contributed by atoms with Crippen LogP contribution in [-0.4, -0.2) is 12.1 Å². The zero-order valence-electron chi connectivity index (χ0n) is 10.9. The molecular weight excluding hydrogens is 231 g/mol. The summed E-state index contributed by atoms with van der Waals surface area (Å²) < 4.78 is 18.2. The molecule has 0 radical (unpaired) electrons. The maximum absolute atomic E-state index is 12.8. The number of ether oxygens (including phenoxy) is 1. The van der Waals surface area contributed by atoms with E-state index in [1.165, 1.54) is 12.1 Å². The van der Waals surface area contributed by atoms with Gasteiger partial charge in [0.05, 0.1) is 5.92 Å². The highest BCUT2D eigenvalue weighted by atomic mass is 19.1. The standard InChI is InChI=1S/C15H19FO2/c1-10(2)7-14-9-12(15(17)18-14)8-11-3-5-13(16)6-4-11/h3-6,10,12,14H,7-9H2,1-2H3/t12-,14+/m1/s1. The largest absolute Gasteiger partial charge is 0.462 e. The molecule has 1 aliphatic rings. The van der Waals surface area contributed by atoms with Crippen molar-refractivity contribution in [1.29, 1.82) is 0 Å². The van der Waals surface area contributed by atoms with Gasteiger partial charge in [-0.05, 0) is 42.9 Å². The molecular formula is C15H19FO2. The lowest BCUT2D eigenvalue weighted by Gasteiger charge is -2.10. The van der Waals surface area contributed by atoms with Gasteiger partial charge in [-0.3, -0.25) is 4.79 Å². The molecule has 3 heteroatoms. The monoisotopic (exact) mass is 250 g/mol. The normalized spacial score (nSPS) is 23.4. The summed E-state index contributed by atoms with van der Waals surface area (Å²) in [5, 5.41) is 0. The Morgan fingerprint density at radius 3 is 2.61 bits per heavy atom. The van der Waals surface area contributed by atoms with Crippen LogP contribution in [0.2, 0.25) is 0 Å². The Kier molecular flexibility index (Phi) is 4.00. The minimum absolute atomic E-state index is 0.0583. The van der Waals surface area contributed by atoms with Crippen molar-refractivity contribution in [2.24, 2.45) is 11.8 Å². The molecule has 1 fully saturated rings. The van der Waals surface area contributed by atoms with Crippen molar-refractivity contribution in [1.82, 2.24) is 0 Å². The van der Waals surface area contributed by atoms with E-state index >= 15 is 0 Å². The van der Waals surface area contributed by atoms with Crippen LogP contribution in [0.25, 0.3) is 0 Å². The molecule has 0 amide bonds. The van der Waals surface area contributed by atoms with E-state index < -0.39 is 0 Å². The average Bonchev–Trinajstić information content (AvgIpc) is 2.61. The third-order valence-corrected chi connectivity index (χ3v) is 3.29. The molecule has 1 aromatic carbocycles. The minimum atomic E-state index is -0.245. The molecule has 1 aromatic rings. The summed E-state index contributed by atoms with van der Waals surface area (Å²) in [5.41, 5.74) is 0.989. The van der Waals surface area contributed by atoms with Crippen LogP contribution in [0.1, 0.15) is 32.3 Å². The number of hydrogen-bond acceptors (Lipinski definition) is 2. The lowest BCUT2D eigenvalue weighted by Crippen LogP contribution is -2.10. The van der Waals surface area contributed by atoms with Crippen LogP contribution in [0.5, 0.6) is 0 Å². The van der Waals surface area contributed by atoms with E-state index in [0.717, 1.165) is 18.4 Å². The van der Waals surface area contributed by atoms with Gasteiger partial charge in [0.15, 0.2) is 0 Å². The highest BCUT2D eigenvalue weighted by Crippen LogP contribution is 2.28. The number of esters is 1. The van der Waals surface area contributed by atoms with Crippen LogP contribution in [-0.2, 0) is 16.0 Å². The second kappa shape index (κ2) is 5.51. The Morgan fingerprint density at radius 1 is 1.33 bits per heavy atom. The zero-order valence-corrected chi connectivity index (χ0v) is 10.9. The van der Waals surface area contributed by atoms with Crippen LogP contribution in [0.15, 0.2) is 24.3 Å². The molecule has 18 heavy (non-hydrogen) atoms. The van der Waals surface area contributed by atoms with Gasteiger partial charge in [0.2, 0.25) is 0 Å². The van der Waals surface area contributed by atoms with Crippen LogP contribution < -0.4 is 0 Å². The van der Waals surface area contributed by atoms with Crippen LogP contribution in [0.3, 0.4) is 0 Å². The second-order valence-corrected chi connectivity index (χ2v) is 5.45. The van der Waals surface area contributed by atoms with Crippen LogP contribution in [0.4, 0.5) is 4.39 Å². The number of benzene rings is 1. The van der Waals surface area contributed by atoms with E-state index in [2.05, 4.69) is 13.8 Å². The highest BCUT2D eigenvalue weighted by molar-refractivity contribution is 5.75. The van der Waals surface area contributed by atoms with Crippen molar-refractivity contribution < 1.29 is 13.9 Å². The molecule has 0 aliphatic carbocycles. The van der Waals surface area contributed by atoms with Gasteiger partial charge in [-0.25, -0.2) is 4.39 Å². The van der Waals surface area contributed by atoms with Crippen molar-refractivity contribution in [3.05, 3.63) is 35.6 Å². The summed E-state index contributed by atoms with van der Waals surface area (Å²) in [5.74, 6) is 0.113. The lowest BCUT2D eigenvalue weighted by molar-refractivity contribution is -0.144. The van der Waals surface area contributed by atoms with Gasteiger partial charge >= 0.3 is 5.97 Å². The number of halogens is 1. The van der Waals surface area contributed by atoms with Gasteiger partial charge in [-0.2, -0.15) is 0 Å². The quantitative estimate of drug-likeness (QED) is 0.766. The van der Waals surface area contributed by atoms with E-state index in [0.29, 0.717) is 12.3 Å². The first-order chi connectivity index (χ1) is 8.54. The van der Waals surface area contributed by atoms with Gasteiger partial charge in [0.1, 0.15) is 11.9 Å². The fourth-order valence-electron chi connectivity index (χ4n) is 2.46. The Bertz CT molecular complexity index is 411. The highest BCUT2D eigenvalue weighted by Gasteiger charge is 2.34. The maximum Gasteiger partial charge on any atom is 0.309 e. The predicted molar refractivity (Wildman–Crippen MR) is 67.5 cm³/mol. The zero-order chi connectivity index (χ0) is 13.1. The third-order valence-electron chi connectivity index (χ3n) is 3.29. The van der Waals surface area contributed by atoms with E-state index in [9.17, 15) is 9.18 Å². The molecule has 2 atom stereocenters. The summed E-state index contributed by atoms with van der Waals surface area (Å²) in [7, 11) is 0. The molecule has 1 saturated heterocycles. The molecule has 0 spiro atoms. The van der Waals surface area contributed by atoms with Gasteiger partial charge in [0.25, 0.3) is 0 Å². The van der Waals surface area contributed by atoms with Crippen molar-refractivity contribution >= 4 is 5.97 Å². The average molecular weight is 250 g/mol. The molecule has 2 rings (SSSR count). The predicted octanol–water partition coefficient (Wildman–Crippen LogP) is 3.35. The van der Waals surface area contributed by atoms with Crippen molar-refractivity contribution in [2.45, 2.75) is 39.2 Å². The summed E-state index contributed by atoms with van der Waals surface area (Å²) in [6, 6.07) is 6.33. The summed E-state index contributed by atoms with van der Waals surface area (Å²) >= 11 is 0. The smallest absolute Gasteiger partial charge is 0.309 e. The first-order valence-corrected chi connectivity index (χ1v) is 6.49.